The van der Waals surface area contributed by atoms with Crippen LogP contribution in [0.1, 0.15) is 23.7 Å². The molecule has 1 aromatic carbocycles. The van der Waals surface area contributed by atoms with Gasteiger partial charge in [-0.2, -0.15) is 0 Å². The van der Waals surface area contributed by atoms with Crippen LogP contribution in [0.15, 0.2) is 24.3 Å². The number of methoxy groups -OCH3 is 1. The third kappa shape index (κ3) is 3.28. The van der Waals surface area contributed by atoms with E-state index in [-0.39, 0.29) is 30.7 Å². The molecule has 0 bridgehead atoms. The molecule has 21 heavy (non-hydrogen) atoms. The number of nitrogens with zero attached hydrogens (tertiary/aromatic N) is 1. The number of carbonyl (C=O) groups excluding carboxylic acids is 3. The van der Waals surface area contributed by atoms with Gasteiger partial charge in [0.1, 0.15) is 5.75 Å². The number of ether oxygens (including phenoxy) is 1. The third-order valence-corrected chi connectivity index (χ3v) is 3.49. The van der Waals surface area contributed by atoms with Gasteiger partial charge in [-0.05, 0) is 18.6 Å². The highest BCUT2D eigenvalue weighted by atomic mass is 16.5. The van der Waals surface area contributed by atoms with Gasteiger partial charge in [0.05, 0.1) is 31.8 Å². The average Bonchev–Trinajstić information content (AvgIpc) is 2.46. The van der Waals surface area contributed by atoms with Gasteiger partial charge in [-0.15, -0.1) is 0 Å². The number of hydrogen-bond acceptors (Lipinski definition) is 5. The smallest absolute Gasteiger partial charge is 0.243 e. The van der Waals surface area contributed by atoms with Gasteiger partial charge in [-0.1, -0.05) is 19.1 Å². The van der Waals surface area contributed by atoms with Crippen LogP contribution in [0.2, 0.25) is 0 Å². The van der Waals surface area contributed by atoms with Crippen molar-refractivity contribution in [2.75, 3.05) is 20.2 Å². The number of ketones is 1. The number of hydrogen-bond donors (Lipinski definition) is 1. The molecule has 6 heteroatoms. The Labute approximate surface area is 123 Å². The van der Waals surface area contributed by atoms with E-state index in [2.05, 4.69) is 5.32 Å². The first-order valence-electron chi connectivity index (χ1n) is 6.80. The molecule has 0 aromatic heterocycles. The van der Waals surface area contributed by atoms with E-state index in [1.165, 1.54) is 7.11 Å². The number of Topliss-reactive ketones (excluding diaryl/α,β-unsaturated/α-hetero) is 1. The number of nitrogens with one attached hydrogen (secondary N) is 1. The summed E-state index contributed by atoms with van der Waals surface area (Å²) < 4.78 is 5.17. The molecule has 0 spiro atoms. The number of benzene rings is 1. The molecule has 1 aliphatic heterocycles. The summed E-state index contributed by atoms with van der Waals surface area (Å²) in [6, 6.07) is 6.46. The van der Waals surface area contributed by atoms with Gasteiger partial charge in [0.2, 0.25) is 11.8 Å². The Kier molecular flexibility index (Phi) is 4.70. The second-order valence-electron chi connectivity index (χ2n) is 4.86. The van der Waals surface area contributed by atoms with Crippen molar-refractivity contribution < 1.29 is 19.1 Å². The lowest BCUT2D eigenvalue weighted by atomic mass is 10.1. The van der Waals surface area contributed by atoms with Crippen LogP contribution in [-0.2, 0) is 9.59 Å². The summed E-state index contributed by atoms with van der Waals surface area (Å²) in [5.41, 5.74) is 0.452. The second kappa shape index (κ2) is 6.49. The Morgan fingerprint density at radius 1 is 1.38 bits per heavy atom. The summed E-state index contributed by atoms with van der Waals surface area (Å²) in [5, 5.41) is 2.29. The zero-order valence-corrected chi connectivity index (χ0v) is 12.1. The molecule has 1 atom stereocenters. The van der Waals surface area contributed by atoms with E-state index in [4.69, 9.17) is 4.74 Å². The summed E-state index contributed by atoms with van der Waals surface area (Å²) in [6.07, 6.45) is 0.540. The van der Waals surface area contributed by atoms with E-state index in [0.29, 0.717) is 17.7 Å². The maximum atomic E-state index is 12.4. The largest absolute Gasteiger partial charge is 0.496 e. The van der Waals surface area contributed by atoms with E-state index < -0.39 is 6.04 Å². The summed E-state index contributed by atoms with van der Waals surface area (Å²) in [6.45, 7) is 1.91. The van der Waals surface area contributed by atoms with Crippen molar-refractivity contribution in [3.8, 4) is 5.75 Å². The fourth-order valence-electron chi connectivity index (χ4n) is 2.48. The van der Waals surface area contributed by atoms with Gasteiger partial charge in [0, 0.05) is 0 Å². The van der Waals surface area contributed by atoms with Crippen molar-refractivity contribution >= 4 is 17.6 Å². The standard InChI is InChI=1S/C15H18N2O4/c1-3-11-15(20)16-14(19)9-17(11)8-12(18)10-6-4-5-7-13(10)21-2/h4-7,11H,3,8-9H2,1-2H3,(H,16,19,20). The number of amides is 2. The van der Waals surface area contributed by atoms with Crippen molar-refractivity contribution in [3.05, 3.63) is 29.8 Å². The van der Waals surface area contributed by atoms with Gasteiger partial charge in [-0.25, -0.2) is 0 Å². The van der Waals surface area contributed by atoms with Crippen molar-refractivity contribution in [1.29, 1.82) is 0 Å². The molecular formula is C15H18N2O4. The van der Waals surface area contributed by atoms with Gasteiger partial charge in [-0.3, -0.25) is 24.6 Å². The summed E-state index contributed by atoms with van der Waals surface area (Å²) in [5.74, 6) is -0.407. The van der Waals surface area contributed by atoms with Crippen LogP contribution in [0.5, 0.6) is 5.75 Å². The molecule has 1 heterocycles. The maximum absolute atomic E-state index is 12.4. The molecule has 2 amide bonds. The summed E-state index contributed by atoms with van der Waals surface area (Å²) in [7, 11) is 1.50. The van der Waals surface area contributed by atoms with Crippen molar-refractivity contribution in [2.24, 2.45) is 0 Å². The van der Waals surface area contributed by atoms with Gasteiger partial charge < -0.3 is 4.74 Å². The fraction of sp³-hybridized carbons (Fsp3) is 0.400. The molecule has 2 rings (SSSR count). The number of carbonyl (C=O) groups is 3. The van der Waals surface area contributed by atoms with E-state index in [1.807, 2.05) is 6.92 Å². The van der Waals surface area contributed by atoms with Crippen molar-refractivity contribution in [1.82, 2.24) is 10.2 Å². The highest BCUT2D eigenvalue weighted by molar-refractivity contribution is 6.03. The Morgan fingerprint density at radius 2 is 2.10 bits per heavy atom. The fourth-order valence-corrected chi connectivity index (χ4v) is 2.48. The highest BCUT2D eigenvalue weighted by Gasteiger charge is 2.33. The minimum Gasteiger partial charge on any atom is -0.496 e. The number of rotatable bonds is 5. The van der Waals surface area contributed by atoms with E-state index in [0.717, 1.165) is 0 Å². The molecule has 0 aliphatic carbocycles. The maximum Gasteiger partial charge on any atom is 0.243 e. The number of piperazine rings is 1. The molecule has 1 aliphatic rings. The molecule has 1 saturated heterocycles. The lowest BCUT2D eigenvalue weighted by Crippen LogP contribution is -2.58. The Balaban J connectivity index is 2.17. The zero-order valence-electron chi connectivity index (χ0n) is 12.1. The first kappa shape index (κ1) is 15.2. The molecular weight excluding hydrogens is 272 g/mol. The topological polar surface area (TPSA) is 75.7 Å². The normalized spacial score (nSPS) is 19.2. The molecule has 6 nitrogen and oxygen atoms in total. The lowest BCUT2D eigenvalue weighted by molar-refractivity contribution is -0.139. The predicted molar refractivity (Wildman–Crippen MR) is 76.1 cm³/mol. The zero-order chi connectivity index (χ0) is 15.4. The monoisotopic (exact) mass is 290 g/mol. The van der Waals surface area contributed by atoms with Crippen molar-refractivity contribution in [3.63, 3.8) is 0 Å². The van der Waals surface area contributed by atoms with Crippen LogP contribution in [-0.4, -0.2) is 48.7 Å². The van der Waals surface area contributed by atoms with E-state index in [9.17, 15) is 14.4 Å². The summed E-state index contributed by atoms with van der Waals surface area (Å²) >= 11 is 0. The lowest BCUT2D eigenvalue weighted by Gasteiger charge is -2.32. The first-order chi connectivity index (χ1) is 10.1. The molecule has 1 unspecified atom stereocenters. The molecule has 112 valence electrons. The quantitative estimate of drug-likeness (QED) is 0.635. The highest BCUT2D eigenvalue weighted by Crippen LogP contribution is 2.19. The van der Waals surface area contributed by atoms with Gasteiger partial charge >= 0.3 is 0 Å². The van der Waals surface area contributed by atoms with Crippen LogP contribution >= 0.6 is 0 Å². The second-order valence-corrected chi connectivity index (χ2v) is 4.86. The van der Waals surface area contributed by atoms with Crippen LogP contribution in [0.3, 0.4) is 0 Å². The van der Waals surface area contributed by atoms with E-state index >= 15 is 0 Å². The Hall–Kier alpha value is -2.21. The molecule has 0 radical (unpaired) electrons. The number of imide groups is 1. The van der Waals surface area contributed by atoms with Crippen LogP contribution in [0.25, 0.3) is 0 Å². The average molecular weight is 290 g/mol. The van der Waals surface area contributed by atoms with Crippen LogP contribution in [0, 0.1) is 0 Å². The van der Waals surface area contributed by atoms with Crippen molar-refractivity contribution in [2.45, 2.75) is 19.4 Å². The molecule has 1 N–H and O–H groups in total. The van der Waals surface area contributed by atoms with E-state index in [1.54, 1.807) is 29.2 Å². The van der Waals surface area contributed by atoms with Gasteiger partial charge in [0.25, 0.3) is 0 Å². The van der Waals surface area contributed by atoms with Crippen LogP contribution in [0.4, 0.5) is 0 Å². The Bertz CT molecular complexity index is 571. The minimum absolute atomic E-state index is 0.0119. The first-order valence-corrected chi connectivity index (χ1v) is 6.80. The third-order valence-electron chi connectivity index (χ3n) is 3.49. The van der Waals surface area contributed by atoms with Crippen LogP contribution < -0.4 is 10.1 Å². The summed E-state index contributed by atoms with van der Waals surface area (Å²) in [4.78, 5) is 37.3. The molecule has 1 fully saturated rings. The number of para-hydroxylation sites is 1. The molecule has 1 aromatic rings. The SMILES string of the molecule is CCC1C(=O)NC(=O)CN1CC(=O)c1ccccc1OC. The minimum atomic E-state index is -0.457. The predicted octanol–water partition coefficient (Wildman–Crippen LogP) is 0.615. The Morgan fingerprint density at radius 3 is 2.76 bits per heavy atom. The molecule has 0 saturated carbocycles. The van der Waals surface area contributed by atoms with Gasteiger partial charge in [0.15, 0.2) is 5.78 Å².